The molecule has 0 aromatic carbocycles. The summed E-state index contributed by atoms with van der Waals surface area (Å²) in [5.41, 5.74) is -3.33. The van der Waals surface area contributed by atoms with E-state index in [-0.39, 0.29) is 25.0 Å². The monoisotopic (exact) mass is 325 g/mol. The summed E-state index contributed by atoms with van der Waals surface area (Å²) in [5.74, 6) is -2.17. The van der Waals surface area contributed by atoms with Crippen LogP contribution in [0.25, 0.3) is 0 Å². The van der Waals surface area contributed by atoms with E-state index in [0.717, 1.165) is 7.11 Å². The lowest BCUT2D eigenvalue weighted by molar-refractivity contribution is -0.544. The number of nitrogens with zero attached hydrogens (tertiary/aromatic N) is 1. The summed E-state index contributed by atoms with van der Waals surface area (Å²) >= 11 is 1.24. The Hall–Kier alpha value is -1.80. The summed E-state index contributed by atoms with van der Waals surface area (Å²) in [7, 11) is 1.16. The second-order valence-electron chi connectivity index (χ2n) is 5.89. The average Bonchev–Trinajstić information content (AvgIpc) is 3.06. The van der Waals surface area contributed by atoms with Crippen molar-refractivity contribution in [2.75, 3.05) is 7.11 Å². The van der Waals surface area contributed by atoms with Crippen LogP contribution in [0.2, 0.25) is 0 Å². The molecule has 1 aromatic heterocycles. The van der Waals surface area contributed by atoms with Gasteiger partial charge in [0.05, 0.1) is 13.0 Å². The highest BCUT2D eigenvalue weighted by Gasteiger charge is 2.75. The van der Waals surface area contributed by atoms with Gasteiger partial charge in [-0.3, -0.25) is 19.7 Å². The van der Waals surface area contributed by atoms with Gasteiger partial charge in [-0.25, -0.2) is 0 Å². The summed E-state index contributed by atoms with van der Waals surface area (Å²) in [6, 6.07) is 1.98. The molecule has 2 bridgehead atoms. The van der Waals surface area contributed by atoms with Gasteiger partial charge in [-0.15, -0.1) is 11.3 Å². The Bertz CT molecular complexity index is 634. The number of rotatable bonds is 3. The maximum absolute atomic E-state index is 12.6. The largest absolute Gasteiger partial charge is 0.468 e. The molecule has 2 aliphatic carbocycles. The van der Waals surface area contributed by atoms with E-state index >= 15 is 0 Å². The van der Waals surface area contributed by atoms with Gasteiger partial charge in [-0.1, -0.05) is 6.07 Å². The van der Waals surface area contributed by atoms with Crippen molar-refractivity contribution in [2.45, 2.75) is 36.8 Å². The number of fused-ring (bicyclic) bond motifs is 2. The standard InChI is InChI=1S/C14H15NO6S/c1-21-12(17)14-7-13(18,5-4-9(14)16)11(15(19)20)10(14)8-3-2-6-22-8/h2-3,6,10-11,18H,4-5,7H2,1H3/t10-,11+,13-,14-/m0/s1. The van der Waals surface area contributed by atoms with Gasteiger partial charge in [-0.05, 0) is 17.9 Å². The Balaban J connectivity index is 2.25. The van der Waals surface area contributed by atoms with Crippen molar-refractivity contribution in [1.82, 2.24) is 0 Å². The van der Waals surface area contributed by atoms with E-state index in [0.29, 0.717) is 4.88 Å². The molecule has 8 heteroatoms. The highest BCUT2D eigenvalue weighted by molar-refractivity contribution is 7.10. The molecule has 118 valence electrons. The van der Waals surface area contributed by atoms with Crippen LogP contribution in [0.4, 0.5) is 0 Å². The van der Waals surface area contributed by atoms with Gasteiger partial charge >= 0.3 is 5.97 Å². The quantitative estimate of drug-likeness (QED) is 0.386. The number of esters is 1. The zero-order valence-corrected chi connectivity index (χ0v) is 12.7. The summed E-state index contributed by atoms with van der Waals surface area (Å²) < 4.78 is 4.79. The average molecular weight is 325 g/mol. The molecule has 4 atom stereocenters. The molecule has 0 aliphatic heterocycles. The first kappa shape index (κ1) is 15.1. The third kappa shape index (κ3) is 1.77. The third-order valence-corrected chi connectivity index (χ3v) is 5.85. The van der Waals surface area contributed by atoms with E-state index in [1.165, 1.54) is 11.3 Å². The van der Waals surface area contributed by atoms with Crippen LogP contribution < -0.4 is 0 Å². The summed E-state index contributed by atoms with van der Waals surface area (Å²) in [6.45, 7) is 0. The first-order valence-corrected chi connectivity index (χ1v) is 7.76. The zero-order valence-electron chi connectivity index (χ0n) is 11.9. The fourth-order valence-electron chi connectivity index (χ4n) is 4.02. The molecule has 22 heavy (non-hydrogen) atoms. The van der Waals surface area contributed by atoms with Crippen molar-refractivity contribution < 1.29 is 24.4 Å². The first-order chi connectivity index (χ1) is 10.4. The lowest BCUT2D eigenvalue weighted by Crippen LogP contribution is -2.47. The van der Waals surface area contributed by atoms with Gasteiger partial charge < -0.3 is 9.84 Å². The molecule has 1 N–H and O–H groups in total. The number of methoxy groups -OCH3 is 1. The molecule has 1 heterocycles. The van der Waals surface area contributed by atoms with Crippen molar-refractivity contribution in [3.63, 3.8) is 0 Å². The summed E-state index contributed by atoms with van der Waals surface area (Å²) in [5, 5.41) is 24.1. The predicted molar refractivity (Wildman–Crippen MR) is 76.1 cm³/mol. The molecular weight excluding hydrogens is 310 g/mol. The lowest BCUT2D eigenvalue weighted by Gasteiger charge is -2.33. The van der Waals surface area contributed by atoms with Crippen LogP contribution in [0.1, 0.15) is 30.1 Å². The van der Waals surface area contributed by atoms with Crippen LogP contribution in [0, 0.1) is 15.5 Å². The minimum atomic E-state index is -1.67. The van der Waals surface area contributed by atoms with Crippen LogP contribution >= 0.6 is 11.3 Å². The number of hydrogen-bond donors (Lipinski definition) is 1. The maximum atomic E-state index is 12.6. The molecule has 0 unspecified atom stereocenters. The normalized spacial score (nSPS) is 37.1. The molecule has 2 saturated carbocycles. The van der Waals surface area contributed by atoms with Crippen molar-refractivity contribution in [3.05, 3.63) is 32.5 Å². The highest BCUT2D eigenvalue weighted by Crippen LogP contribution is 2.61. The van der Waals surface area contributed by atoms with Gasteiger partial charge in [-0.2, -0.15) is 0 Å². The van der Waals surface area contributed by atoms with E-state index in [1.54, 1.807) is 17.5 Å². The number of carbonyl (C=O) groups is 2. The fraction of sp³-hybridized carbons (Fsp3) is 0.571. The van der Waals surface area contributed by atoms with Gasteiger partial charge in [0.15, 0.2) is 5.78 Å². The Morgan fingerprint density at radius 3 is 2.86 bits per heavy atom. The molecule has 2 fully saturated rings. The number of aliphatic hydroxyl groups is 1. The van der Waals surface area contributed by atoms with Gasteiger partial charge in [0, 0.05) is 22.6 Å². The van der Waals surface area contributed by atoms with Crippen LogP contribution in [-0.4, -0.2) is 40.5 Å². The van der Waals surface area contributed by atoms with Crippen LogP contribution in [0.15, 0.2) is 17.5 Å². The second kappa shape index (κ2) is 4.85. The van der Waals surface area contributed by atoms with Gasteiger partial charge in [0.2, 0.25) is 6.04 Å². The highest BCUT2D eigenvalue weighted by atomic mass is 32.1. The Morgan fingerprint density at radius 1 is 1.59 bits per heavy atom. The molecule has 7 nitrogen and oxygen atoms in total. The molecule has 1 aromatic rings. The Labute approximate surface area is 130 Å². The molecule has 0 amide bonds. The molecule has 3 rings (SSSR count). The number of ether oxygens (including phenoxy) is 1. The zero-order chi connectivity index (χ0) is 16.1. The Kier molecular flexibility index (Phi) is 3.33. The van der Waals surface area contributed by atoms with Crippen molar-refractivity contribution in [3.8, 4) is 0 Å². The second-order valence-corrected chi connectivity index (χ2v) is 6.87. The smallest absolute Gasteiger partial charge is 0.320 e. The maximum Gasteiger partial charge on any atom is 0.320 e. The van der Waals surface area contributed by atoms with E-state index in [2.05, 4.69) is 0 Å². The number of carbonyl (C=O) groups excluding carboxylic acids is 2. The first-order valence-electron chi connectivity index (χ1n) is 6.88. The van der Waals surface area contributed by atoms with Crippen molar-refractivity contribution >= 4 is 23.1 Å². The third-order valence-electron chi connectivity index (χ3n) is 4.89. The van der Waals surface area contributed by atoms with E-state index < -0.39 is 33.9 Å². The van der Waals surface area contributed by atoms with Gasteiger partial charge in [0.1, 0.15) is 11.0 Å². The SMILES string of the molecule is COC(=O)[C@@]12C[C@@](O)(CCC1=O)[C@H]([N+](=O)[O-])[C@@H]2c1cccs1. The van der Waals surface area contributed by atoms with Gasteiger partial charge in [0.25, 0.3) is 0 Å². The van der Waals surface area contributed by atoms with Crippen LogP contribution in [-0.2, 0) is 14.3 Å². The fourth-order valence-corrected chi connectivity index (χ4v) is 4.97. The minimum absolute atomic E-state index is 0.00189. The summed E-state index contributed by atoms with van der Waals surface area (Å²) in [4.78, 5) is 36.6. The predicted octanol–water partition coefficient (Wildman–Crippen LogP) is 1.13. The van der Waals surface area contributed by atoms with E-state index in [4.69, 9.17) is 4.74 Å². The Morgan fingerprint density at radius 2 is 2.32 bits per heavy atom. The molecule has 0 saturated heterocycles. The number of hydrogen-bond acceptors (Lipinski definition) is 7. The molecule has 2 aliphatic rings. The molecular formula is C14H15NO6S. The minimum Gasteiger partial charge on any atom is -0.468 e. The number of nitro groups is 1. The number of thiophene rings is 1. The van der Waals surface area contributed by atoms with Crippen LogP contribution in [0.3, 0.4) is 0 Å². The van der Waals surface area contributed by atoms with Crippen molar-refractivity contribution in [1.29, 1.82) is 0 Å². The molecule has 0 radical (unpaired) electrons. The number of Topliss-reactive ketones (excluding diaryl/α,β-unsaturated/α-hetero) is 1. The van der Waals surface area contributed by atoms with E-state index in [9.17, 15) is 24.8 Å². The number of ketones is 1. The van der Waals surface area contributed by atoms with E-state index in [1.807, 2.05) is 0 Å². The lowest BCUT2D eigenvalue weighted by atomic mass is 9.69. The van der Waals surface area contributed by atoms with Crippen LogP contribution in [0.5, 0.6) is 0 Å². The molecule has 0 spiro atoms. The summed E-state index contributed by atoms with van der Waals surface area (Å²) in [6.07, 6.45) is -0.310. The van der Waals surface area contributed by atoms with Crippen molar-refractivity contribution in [2.24, 2.45) is 5.41 Å². The topological polar surface area (TPSA) is 107 Å².